The first kappa shape index (κ1) is 13.4. The quantitative estimate of drug-likeness (QED) is 0.765. The Kier molecular flexibility index (Phi) is 4.42. The first-order chi connectivity index (χ1) is 8.01. The van der Waals surface area contributed by atoms with Gasteiger partial charge in [0.1, 0.15) is 0 Å². The van der Waals surface area contributed by atoms with Crippen molar-refractivity contribution >= 4 is 17.2 Å². The molecule has 0 aromatic rings. The van der Waals surface area contributed by atoms with Crippen molar-refractivity contribution in [1.82, 2.24) is 4.31 Å². The van der Waals surface area contributed by atoms with Gasteiger partial charge in [-0.3, -0.25) is 8.51 Å². The number of carboxylic acids is 1. The normalized spacial score (nSPS) is 22.5. The summed E-state index contributed by atoms with van der Waals surface area (Å²) in [6, 6.07) is 0. The highest BCUT2D eigenvalue weighted by molar-refractivity contribution is 7.76. The van der Waals surface area contributed by atoms with E-state index in [0.29, 0.717) is 11.3 Å². The van der Waals surface area contributed by atoms with E-state index in [-0.39, 0.29) is 12.1 Å². The summed E-state index contributed by atoms with van der Waals surface area (Å²) < 4.78 is 23.1. The summed E-state index contributed by atoms with van der Waals surface area (Å²) >= 11 is -2.51. The van der Waals surface area contributed by atoms with Gasteiger partial charge >= 0.3 is 5.97 Å². The van der Waals surface area contributed by atoms with E-state index in [1.54, 1.807) is 19.1 Å². The molecular weight excluding hydrogens is 242 g/mol. The van der Waals surface area contributed by atoms with Crippen LogP contribution >= 0.6 is 0 Å². The number of aliphatic carboxylic acids is 1. The van der Waals surface area contributed by atoms with Gasteiger partial charge in [0, 0.05) is 11.3 Å². The summed E-state index contributed by atoms with van der Waals surface area (Å²) in [6.45, 7) is 5.03. The number of hydrogen-bond donors (Lipinski definition) is 1. The number of allylic oxidation sites excluding steroid dienone is 4. The second kappa shape index (κ2) is 5.60. The topological polar surface area (TPSA) is 80.7 Å². The van der Waals surface area contributed by atoms with Crippen molar-refractivity contribution in [3.8, 4) is 0 Å². The Balaban J connectivity index is 3.31. The highest BCUT2D eigenvalue weighted by Gasteiger charge is 2.23. The van der Waals surface area contributed by atoms with Gasteiger partial charge in [-0.25, -0.2) is 4.79 Å². The van der Waals surface area contributed by atoms with Crippen molar-refractivity contribution in [2.24, 2.45) is 0 Å². The minimum Gasteiger partial charge on any atom is -0.755 e. The summed E-state index contributed by atoms with van der Waals surface area (Å²) in [5.74, 6) is -1.13. The number of carboxylic acid groups (broad SMARTS) is 1. The van der Waals surface area contributed by atoms with Crippen LogP contribution in [0.5, 0.6) is 0 Å². The fraction of sp³-hybridized carbons (Fsp3) is 0.182. The second-order valence-corrected chi connectivity index (χ2v) is 4.14. The van der Waals surface area contributed by atoms with E-state index in [1.165, 1.54) is 12.2 Å². The average molecular weight is 254 g/mol. The monoisotopic (exact) mass is 254 g/mol. The van der Waals surface area contributed by atoms with E-state index in [4.69, 9.17) is 5.11 Å². The van der Waals surface area contributed by atoms with E-state index in [0.717, 1.165) is 4.31 Å². The number of hydrogen-bond acceptors (Lipinski definition) is 3. The average Bonchev–Trinajstić information content (AvgIpc) is 2.28. The molecule has 0 saturated carbocycles. The summed E-state index contributed by atoms with van der Waals surface area (Å²) in [4.78, 5) is 10.9. The highest BCUT2D eigenvalue weighted by Crippen LogP contribution is 2.26. The van der Waals surface area contributed by atoms with Gasteiger partial charge in [0.15, 0.2) is 0 Å². The predicted molar refractivity (Wildman–Crippen MR) is 63.4 cm³/mol. The maximum atomic E-state index is 11.1. The summed E-state index contributed by atoms with van der Waals surface area (Å²) in [5, 5.41) is 8.91. The van der Waals surface area contributed by atoms with E-state index < -0.39 is 17.2 Å². The Morgan fingerprint density at radius 2 is 2.35 bits per heavy atom. The van der Waals surface area contributed by atoms with Gasteiger partial charge in [0.05, 0.1) is 17.8 Å². The molecule has 1 unspecified atom stereocenters. The Labute approximate surface area is 102 Å². The number of rotatable bonds is 3. The molecular formula is C11H12NO4S-. The SMILES string of the molecule is C=C/C=C1/C=C(C(=O)O)CN(S(=O)[O-])/C1=C/C. The molecule has 0 fully saturated rings. The van der Waals surface area contributed by atoms with Crippen molar-refractivity contribution in [2.75, 3.05) is 6.54 Å². The van der Waals surface area contributed by atoms with Crippen LogP contribution in [0.25, 0.3) is 0 Å². The standard InChI is InChI=1S/C11H13NO4S/c1-3-5-8-6-9(11(13)14)7-12(17(15)16)10(8)4-2/h3-6H,1,7H2,2H3,(H,13,14)(H,15,16)/p-1/b8-5-,10-4+. The van der Waals surface area contributed by atoms with Gasteiger partial charge in [0.25, 0.3) is 0 Å². The van der Waals surface area contributed by atoms with Crippen LogP contribution in [-0.2, 0) is 16.1 Å². The molecule has 0 spiro atoms. The van der Waals surface area contributed by atoms with Crippen LogP contribution in [-0.4, -0.2) is 30.7 Å². The molecule has 0 aliphatic carbocycles. The van der Waals surface area contributed by atoms with E-state index in [2.05, 4.69) is 6.58 Å². The molecule has 0 saturated heterocycles. The molecule has 6 heteroatoms. The number of nitrogens with zero attached hydrogens (tertiary/aromatic N) is 1. The lowest BCUT2D eigenvalue weighted by atomic mass is 10.0. The molecule has 1 N–H and O–H groups in total. The fourth-order valence-electron chi connectivity index (χ4n) is 1.52. The summed E-state index contributed by atoms with van der Waals surface area (Å²) in [7, 11) is 0. The largest absolute Gasteiger partial charge is 0.755 e. The van der Waals surface area contributed by atoms with E-state index in [1.807, 2.05) is 0 Å². The van der Waals surface area contributed by atoms with Crippen molar-refractivity contribution in [1.29, 1.82) is 0 Å². The van der Waals surface area contributed by atoms with Crippen LogP contribution in [0.2, 0.25) is 0 Å². The Bertz CT molecular complexity index is 462. The van der Waals surface area contributed by atoms with Crippen molar-refractivity contribution in [3.05, 3.63) is 47.7 Å². The predicted octanol–water partition coefficient (Wildman–Crippen LogP) is 1.12. The first-order valence-corrected chi connectivity index (χ1v) is 5.84. The molecule has 0 radical (unpaired) electrons. The maximum Gasteiger partial charge on any atom is 0.333 e. The Morgan fingerprint density at radius 1 is 1.71 bits per heavy atom. The molecule has 0 amide bonds. The highest BCUT2D eigenvalue weighted by atomic mass is 32.2. The lowest BCUT2D eigenvalue weighted by Gasteiger charge is -2.32. The second-order valence-electron chi connectivity index (χ2n) is 3.26. The molecule has 1 rings (SSSR count). The zero-order valence-electron chi connectivity index (χ0n) is 9.25. The molecule has 0 bridgehead atoms. The smallest absolute Gasteiger partial charge is 0.333 e. The lowest BCUT2D eigenvalue weighted by molar-refractivity contribution is -0.132. The minimum absolute atomic E-state index is 0.0212. The van der Waals surface area contributed by atoms with Crippen molar-refractivity contribution in [3.63, 3.8) is 0 Å². The summed E-state index contributed by atoms with van der Waals surface area (Å²) in [5.41, 5.74) is 0.978. The molecule has 1 aliphatic rings. The van der Waals surface area contributed by atoms with Gasteiger partial charge in [-0.15, -0.1) is 0 Å². The van der Waals surface area contributed by atoms with Crippen LogP contribution in [0.3, 0.4) is 0 Å². The lowest BCUT2D eigenvalue weighted by Crippen LogP contribution is -2.33. The molecule has 1 atom stereocenters. The van der Waals surface area contributed by atoms with Gasteiger partial charge in [-0.05, 0) is 18.6 Å². The van der Waals surface area contributed by atoms with Crippen LogP contribution in [0.15, 0.2) is 47.7 Å². The summed E-state index contributed by atoms with van der Waals surface area (Å²) in [6.07, 6.45) is 6.10. The first-order valence-electron chi connectivity index (χ1n) is 4.81. The van der Waals surface area contributed by atoms with Gasteiger partial charge in [-0.2, -0.15) is 0 Å². The van der Waals surface area contributed by atoms with Crippen LogP contribution < -0.4 is 0 Å². The van der Waals surface area contributed by atoms with Crippen LogP contribution in [0.4, 0.5) is 0 Å². The van der Waals surface area contributed by atoms with Gasteiger partial charge in [-0.1, -0.05) is 24.8 Å². The number of carbonyl (C=O) groups is 1. The third-order valence-corrected chi connectivity index (χ3v) is 2.92. The zero-order chi connectivity index (χ0) is 13.0. The molecule has 0 aromatic heterocycles. The minimum atomic E-state index is -2.51. The van der Waals surface area contributed by atoms with Gasteiger partial charge in [0.2, 0.25) is 0 Å². The van der Waals surface area contributed by atoms with Crippen molar-refractivity contribution < 1.29 is 18.7 Å². The van der Waals surface area contributed by atoms with Gasteiger partial charge < -0.3 is 9.66 Å². The van der Waals surface area contributed by atoms with Crippen molar-refractivity contribution in [2.45, 2.75) is 6.92 Å². The maximum absolute atomic E-state index is 11.1. The van der Waals surface area contributed by atoms with Crippen LogP contribution in [0.1, 0.15) is 6.92 Å². The third-order valence-electron chi connectivity index (χ3n) is 2.23. The van der Waals surface area contributed by atoms with E-state index in [9.17, 15) is 13.6 Å². The van der Waals surface area contributed by atoms with E-state index >= 15 is 0 Å². The molecule has 92 valence electrons. The molecule has 1 aliphatic heterocycles. The fourth-order valence-corrected chi connectivity index (χ4v) is 2.14. The Hall–Kier alpha value is -1.66. The molecule has 17 heavy (non-hydrogen) atoms. The molecule has 1 heterocycles. The van der Waals surface area contributed by atoms with Crippen LogP contribution in [0, 0.1) is 0 Å². The third kappa shape index (κ3) is 2.92. The zero-order valence-corrected chi connectivity index (χ0v) is 10.1. The molecule has 5 nitrogen and oxygen atoms in total. The Morgan fingerprint density at radius 3 is 2.76 bits per heavy atom. The molecule has 0 aromatic carbocycles.